The van der Waals surface area contributed by atoms with Crippen molar-refractivity contribution in [1.29, 1.82) is 0 Å². The van der Waals surface area contributed by atoms with E-state index >= 15 is 0 Å². The fourth-order valence-corrected chi connectivity index (χ4v) is 3.19. The predicted molar refractivity (Wildman–Crippen MR) is 113 cm³/mol. The number of hydrogen-bond acceptors (Lipinski definition) is 8. The lowest BCUT2D eigenvalue weighted by molar-refractivity contribution is -0.213. The lowest BCUT2D eigenvalue weighted by atomic mass is 10.1. The van der Waals surface area contributed by atoms with Crippen LogP contribution >= 0.6 is 0 Å². The molecule has 3 aromatic rings. The second kappa shape index (κ2) is 9.81. The molecule has 11 heteroatoms. The van der Waals surface area contributed by atoms with Crippen LogP contribution in [0.3, 0.4) is 0 Å². The van der Waals surface area contributed by atoms with Crippen LogP contribution in [-0.2, 0) is 14.3 Å². The number of primary amides is 1. The summed E-state index contributed by atoms with van der Waals surface area (Å²) in [6.07, 6.45) is 0.984. The van der Waals surface area contributed by atoms with E-state index in [9.17, 15) is 14.3 Å². The number of aliphatic hydroxyl groups is 1. The zero-order chi connectivity index (χ0) is 22.5. The van der Waals surface area contributed by atoms with Crippen LogP contribution in [0, 0.1) is 11.7 Å². The van der Waals surface area contributed by atoms with Crippen LogP contribution in [0.1, 0.15) is 18.5 Å². The number of imidazole rings is 1. The van der Waals surface area contributed by atoms with Crippen LogP contribution in [0.15, 0.2) is 36.5 Å². The number of aromatic nitrogens is 4. The van der Waals surface area contributed by atoms with Gasteiger partial charge >= 0.3 is 0 Å². The van der Waals surface area contributed by atoms with E-state index in [0.29, 0.717) is 54.2 Å². The van der Waals surface area contributed by atoms with Gasteiger partial charge in [0.1, 0.15) is 5.82 Å². The number of anilines is 1. The van der Waals surface area contributed by atoms with Gasteiger partial charge in [-0.3, -0.25) is 4.79 Å². The van der Waals surface area contributed by atoms with Crippen molar-refractivity contribution < 1.29 is 23.8 Å². The van der Waals surface area contributed by atoms with Gasteiger partial charge in [0.2, 0.25) is 18.1 Å². The fraction of sp³-hybridized carbons (Fsp3) is 0.333. The van der Waals surface area contributed by atoms with Gasteiger partial charge in [-0.05, 0) is 30.3 Å². The molecule has 3 heterocycles. The Kier molecular flexibility index (Phi) is 6.69. The number of halogens is 1. The van der Waals surface area contributed by atoms with Gasteiger partial charge < -0.3 is 30.6 Å². The molecule has 1 aliphatic heterocycles. The highest BCUT2D eigenvalue weighted by molar-refractivity contribution is 5.77. The SMILES string of the molecule is NC(=O)CCNc1nccc(-c2[nH]c(C3OCC(CO)CO3)nc2-c2ccc(F)cc2)n1. The molecule has 2 aromatic heterocycles. The number of aliphatic hydroxyl groups excluding tert-OH is 1. The Morgan fingerprint density at radius 2 is 1.97 bits per heavy atom. The highest BCUT2D eigenvalue weighted by Crippen LogP contribution is 2.33. The maximum Gasteiger partial charge on any atom is 0.223 e. The van der Waals surface area contributed by atoms with E-state index in [1.165, 1.54) is 12.1 Å². The van der Waals surface area contributed by atoms with Crippen molar-refractivity contribution in [3.63, 3.8) is 0 Å². The van der Waals surface area contributed by atoms with Crippen LogP contribution in [0.4, 0.5) is 10.3 Å². The average molecular weight is 442 g/mol. The molecule has 10 nitrogen and oxygen atoms in total. The molecule has 4 rings (SSSR count). The number of nitrogens with one attached hydrogen (secondary N) is 2. The zero-order valence-corrected chi connectivity index (χ0v) is 17.1. The number of benzene rings is 1. The van der Waals surface area contributed by atoms with Crippen LogP contribution < -0.4 is 11.1 Å². The summed E-state index contributed by atoms with van der Waals surface area (Å²) in [6.45, 7) is 0.950. The van der Waals surface area contributed by atoms with Gasteiger partial charge in [0.25, 0.3) is 0 Å². The number of H-pyrrole nitrogens is 1. The molecule has 0 bridgehead atoms. The third-order valence-electron chi connectivity index (χ3n) is 4.85. The molecule has 0 spiro atoms. The third kappa shape index (κ3) is 5.07. The smallest absolute Gasteiger partial charge is 0.223 e. The van der Waals surface area contributed by atoms with Gasteiger partial charge in [0, 0.05) is 30.6 Å². The molecule has 1 aromatic carbocycles. The van der Waals surface area contributed by atoms with E-state index in [0.717, 1.165) is 0 Å². The van der Waals surface area contributed by atoms with Crippen molar-refractivity contribution in [3.8, 4) is 22.6 Å². The summed E-state index contributed by atoms with van der Waals surface area (Å²) in [7, 11) is 0. The van der Waals surface area contributed by atoms with Gasteiger partial charge in [-0.25, -0.2) is 19.3 Å². The lowest BCUT2D eigenvalue weighted by Crippen LogP contribution is -2.29. The highest BCUT2D eigenvalue weighted by Gasteiger charge is 2.27. The summed E-state index contributed by atoms with van der Waals surface area (Å²) >= 11 is 0. The maximum atomic E-state index is 13.5. The van der Waals surface area contributed by atoms with E-state index in [4.69, 9.17) is 15.2 Å². The van der Waals surface area contributed by atoms with Crippen LogP contribution in [0.25, 0.3) is 22.6 Å². The Morgan fingerprint density at radius 3 is 2.66 bits per heavy atom. The Bertz CT molecular complexity index is 1070. The summed E-state index contributed by atoms with van der Waals surface area (Å²) in [5.74, 6) is -0.129. The van der Waals surface area contributed by atoms with Crippen LogP contribution in [0.5, 0.6) is 0 Å². The van der Waals surface area contributed by atoms with Crippen molar-refractivity contribution in [1.82, 2.24) is 19.9 Å². The molecule has 32 heavy (non-hydrogen) atoms. The standard InChI is InChI=1S/C21H23FN6O4/c22-14-3-1-13(2-4-14)17-18(15-5-7-24-21(26-15)25-8-6-16(23)30)28-19(27-17)20-31-10-12(9-29)11-32-20/h1-5,7,12,20,29H,6,8-11H2,(H2,23,30)(H,27,28)(H,24,25,26). The van der Waals surface area contributed by atoms with Crippen LogP contribution in [0.2, 0.25) is 0 Å². The van der Waals surface area contributed by atoms with Gasteiger partial charge in [0.15, 0.2) is 5.82 Å². The van der Waals surface area contributed by atoms with E-state index in [-0.39, 0.29) is 24.8 Å². The summed E-state index contributed by atoms with van der Waals surface area (Å²) in [6, 6.07) is 7.65. The molecule has 0 radical (unpaired) electrons. The molecule has 0 aliphatic carbocycles. The number of nitrogens with two attached hydrogens (primary N) is 1. The normalized spacial score (nSPS) is 18.4. The second-order valence-corrected chi connectivity index (χ2v) is 7.31. The number of amides is 1. The molecule has 1 fully saturated rings. The molecule has 5 N–H and O–H groups in total. The minimum atomic E-state index is -0.735. The minimum Gasteiger partial charge on any atom is -0.396 e. The number of hydrogen-bond donors (Lipinski definition) is 4. The molecule has 0 unspecified atom stereocenters. The first-order chi connectivity index (χ1) is 15.5. The first-order valence-corrected chi connectivity index (χ1v) is 10.1. The van der Waals surface area contributed by atoms with E-state index in [2.05, 4.69) is 25.3 Å². The Labute approximate surface area is 183 Å². The summed E-state index contributed by atoms with van der Waals surface area (Å²) in [5, 5.41) is 12.2. The predicted octanol–water partition coefficient (Wildman–Crippen LogP) is 1.61. The number of carbonyl (C=O) groups excluding carboxylic acids is 1. The summed E-state index contributed by atoms with van der Waals surface area (Å²) in [5.41, 5.74) is 7.49. The number of carbonyl (C=O) groups is 1. The lowest BCUT2D eigenvalue weighted by Gasteiger charge is -2.26. The summed E-state index contributed by atoms with van der Waals surface area (Å²) in [4.78, 5) is 27.5. The summed E-state index contributed by atoms with van der Waals surface area (Å²) < 4.78 is 24.9. The zero-order valence-electron chi connectivity index (χ0n) is 17.1. The monoisotopic (exact) mass is 442 g/mol. The maximum absolute atomic E-state index is 13.5. The minimum absolute atomic E-state index is 0.0244. The van der Waals surface area contributed by atoms with Gasteiger partial charge in [0.05, 0.1) is 36.9 Å². The van der Waals surface area contributed by atoms with Crippen molar-refractivity contribution >= 4 is 11.9 Å². The molecular weight excluding hydrogens is 419 g/mol. The van der Waals surface area contributed by atoms with E-state index in [1.54, 1.807) is 24.4 Å². The van der Waals surface area contributed by atoms with Gasteiger partial charge in [-0.15, -0.1) is 0 Å². The van der Waals surface area contributed by atoms with Gasteiger partial charge in [-0.1, -0.05) is 0 Å². The Balaban J connectivity index is 1.66. The van der Waals surface area contributed by atoms with Crippen molar-refractivity contribution in [3.05, 3.63) is 48.2 Å². The molecular formula is C21H23FN6O4. The molecule has 1 amide bonds. The van der Waals surface area contributed by atoms with Crippen molar-refractivity contribution in [2.45, 2.75) is 12.7 Å². The Morgan fingerprint density at radius 1 is 1.22 bits per heavy atom. The molecule has 0 atom stereocenters. The van der Waals surface area contributed by atoms with E-state index < -0.39 is 12.2 Å². The number of ether oxygens (including phenoxy) is 2. The number of rotatable bonds is 8. The first kappa shape index (κ1) is 21.8. The number of aromatic amines is 1. The average Bonchev–Trinajstić information content (AvgIpc) is 3.25. The first-order valence-electron chi connectivity index (χ1n) is 10.1. The molecule has 1 aliphatic rings. The molecule has 0 saturated carbocycles. The fourth-order valence-electron chi connectivity index (χ4n) is 3.19. The molecule has 1 saturated heterocycles. The largest absolute Gasteiger partial charge is 0.396 e. The quantitative estimate of drug-likeness (QED) is 0.411. The topological polar surface area (TPSA) is 148 Å². The van der Waals surface area contributed by atoms with Gasteiger partial charge in [-0.2, -0.15) is 0 Å². The van der Waals surface area contributed by atoms with Crippen molar-refractivity contribution in [2.75, 3.05) is 31.7 Å². The number of nitrogens with zero attached hydrogens (tertiary/aromatic N) is 3. The highest BCUT2D eigenvalue weighted by atomic mass is 19.1. The van der Waals surface area contributed by atoms with E-state index in [1.807, 2.05) is 0 Å². The van der Waals surface area contributed by atoms with Crippen molar-refractivity contribution in [2.24, 2.45) is 11.7 Å². The second-order valence-electron chi connectivity index (χ2n) is 7.31. The third-order valence-corrected chi connectivity index (χ3v) is 4.85. The Hall–Kier alpha value is -3.41. The van der Waals surface area contributed by atoms with Crippen LogP contribution in [-0.4, -0.2) is 57.3 Å². The molecule has 168 valence electrons.